The average molecular weight is 374 g/mol. The molecule has 21 heavy (non-hydrogen) atoms. The van der Waals surface area contributed by atoms with Gasteiger partial charge >= 0.3 is 0 Å². The maximum absolute atomic E-state index is 6.44. The Kier molecular flexibility index (Phi) is 7.37. The van der Waals surface area contributed by atoms with E-state index >= 15 is 0 Å². The van der Waals surface area contributed by atoms with Crippen molar-refractivity contribution in [2.75, 3.05) is 13.2 Å². The molecule has 0 fully saturated rings. The summed E-state index contributed by atoms with van der Waals surface area (Å²) in [6.07, 6.45) is 0. The van der Waals surface area contributed by atoms with Crippen LogP contribution >= 0.6 is 15.9 Å². The van der Waals surface area contributed by atoms with Crippen molar-refractivity contribution in [3.05, 3.63) is 22.8 Å². The molecular formula is C16H28BrNO2Si. The zero-order valence-electron chi connectivity index (χ0n) is 14.0. The van der Waals surface area contributed by atoms with Gasteiger partial charge in [0.15, 0.2) is 8.32 Å². The van der Waals surface area contributed by atoms with Gasteiger partial charge in [-0.1, -0.05) is 47.6 Å². The van der Waals surface area contributed by atoms with Crippen LogP contribution < -0.4 is 4.74 Å². The standard InChI is InChI=1S/C16H28BrNO2Si/c1-12(2)21(13(3)4,14(5)6)20-11-10-19-16-9-7-8-15(17)18-16/h7-9,12-14H,10-11H2,1-6H3. The van der Waals surface area contributed by atoms with Crippen molar-refractivity contribution in [3.8, 4) is 5.88 Å². The minimum absolute atomic E-state index is 0.546. The molecule has 3 nitrogen and oxygen atoms in total. The third-order valence-corrected chi connectivity index (χ3v) is 10.6. The lowest BCUT2D eigenvalue weighted by Crippen LogP contribution is -2.48. The molecule has 1 heterocycles. The van der Waals surface area contributed by atoms with Crippen molar-refractivity contribution in [2.45, 2.75) is 58.2 Å². The van der Waals surface area contributed by atoms with Crippen molar-refractivity contribution in [1.29, 1.82) is 0 Å². The number of nitrogens with zero attached hydrogens (tertiary/aromatic N) is 1. The Labute approximate surface area is 138 Å². The van der Waals surface area contributed by atoms with Crippen molar-refractivity contribution in [3.63, 3.8) is 0 Å². The molecule has 1 rings (SSSR count). The van der Waals surface area contributed by atoms with Gasteiger partial charge in [0.25, 0.3) is 0 Å². The first kappa shape index (κ1) is 18.7. The summed E-state index contributed by atoms with van der Waals surface area (Å²) in [6.45, 7) is 14.9. The summed E-state index contributed by atoms with van der Waals surface area (Å²) in [5.41, 5.74) is 1.80. The summed E-state index contributed by atoms with van der Waals surface area (Å²) in [6, 6.07) is 5.67. The number of hydrogen-bond donors (Lipinski definition) is 0. The molecule has 1 aromatic rings. The summed E-state index contributed by atoms with van der Waals surface area (Å²) in [7, 11) is -1.79. The zero-order valence-corrected chi connectivity index (χ0v) is 16.6. The number of ether oxygens (including phenoxy) is 1. The van der Waals surface area contributed by atoms with Crippen molar-refractivity contribution >= 4 is 24.2 Å². The Morgan fingerprint density at radius 1 is 1.00 bits per heavy atom. The minimum Gasteiger partial charge on any atom is -0.475 e. The van der Waals surface area contributed by atoms with Crippen LogP contribution in [0.15, 0.2) is 22.8 Å². The number of aromatic nitrogens is 1. The quantitative estimate of drug-likeness (QED) is 0.346. The lowest BCUT2D eigenvalue weighted by atomic mass is 10.5. The second-order valence-electron chi connectivity index (χ2n) is 6.31. The molecule has 0 saturated carbocycles. The third-order valence-electron chi connectivity index (χ3n) is 4.08. The predicted octanol–water partition coefficient (Wildman–Crippen LogP) is 5.42. The fourth-order valence-electron chi connectivity index (χ4n) is 3.33. The van der Waals surface area contributed by atoms with Crippen LogP contribution in [0.2, 0.25) is 16.6 Å². The van der Waals surface area contributed by atoms with Gasteiger partial charge in [0, 0.05) is 6.07 Å². The molecule has 0 saturated heterocycles. The molecule has 1 aromatic heterocycles. The van der Waals surface area contributed by atoms with Crippen LogP contribution in [0, 0.1) is 0 Å². The maximum Gasteiger partial charge on any atom is 0.214 e. The molecule has 0 spiro atoms. The lowest BCUT2D eigenvalue weighted by Gasteiger charge is -2.42. The molecule has 5 heteroatoms. The smallest absolute Gasteiger partial charge is 0.214 e. The third kappa shape index (κ3) is 4.79. The highest BCUT2D eigenvalue weighted by molar-refractivity contribution is 9.10. The van der Waals surface area contributed by atoms with Gasteiger partial charge in [0.05, 0.1) is 6.61 Å². The Morgan fingerprint density at radius 2 is 1.57 bits per heavy atom. The number of rotatable bonds is 8. The van der Waals surface area contributed by atoms with Crippen LogP contribution in [0.3, 0.4) is 0 Å². The van der Waals surface area contributed by atoms with Gasteiger partial charge in [-0.3, -0.25) is 0 Å². The van der Waals surface area contributed by atoms with E-state index in [0.717, 1.165) is 4.60 Å². The first-order valence-electron chi connectivity index (χ1n) is 7.70. The second-order valence-corrected chi connectivity index (χ2v) is 12.6. The van der Waals surface area contributed by atoms with E-state index in [2.05, 4.69) is 62.5 Å². The van der Waals surface area contributed by atoms with Crippen LogP contribution in [0.4, 0.5) is 0 Å². The van der Waals surface area contributed by atoms with Crippen LogP contribution in [0.25, 0.3) is 0 Å². The molecule has 0 atom stereocenters. The molecule has 0 aromatic carbocycles. The Balaban J connectivity index is 2.58. The summed E-state index contributed by atoms with van der Waals surface area (Å²) in [5, 5.41) is 0. The molecule has 0 aliphatic heterocycles. The SMILES string of the molecule is CC(C)[Si](OCCOc1cccc(Br)n1)(C(C)C)C(C)C. The Morgan fingerprint density at radius 3 is 2.05 bits per heavy atom. The molecule has 0 aliphatic rings. The summed E-state index contributed by atoms with van der Waals surface area (Å²) >= 11 is 3.34. The van der Waals surface area contributed by atoms with Gasteiger partial charge in [-0.15, -0.1) is 0 Å². The van der Waals surface area contributed by atoms with Gasteiger partial charge in [0.1, 0.15) is 11.2 Å². The van der Waals surface area contributed by atoms with Gasteiger partial charge < -0.3 is 9.16 Å². The monoisotopic (exact) mass is 373 g/mol. The minimum atomic E-state index is -1.79. The first-order chi connectivity index (χ1) is 9.80. The van der Waals surface area contributed by atoms with Crippen molar-refractivity contribution in [1.82, 2.24) is 4.98 Å². The highest BCUT2D eigenvalue weighted by Gasteiger charge is 2.44. The van der Waals surface area contributed by atoms with Crippen LogP contribution in [-0.2, 0) is 4.43 Å². The largest absolute Gasteiger partial charge is 0.475 e. The van der Waals surface area contributed by atoms with E-state index in [1.807, 2.05) is 18.2 Å². The van der Waals surface area contributed by atoms with E-state index < -0.39 is 8.32 Å². The molecule has 120 valence electrons. The highest BCUT2D eigenvalue weighted by atomic mass is 79.9. The van der Waals surface area contributed by atoms with Gasteiger partial charge in [-0.25, -0.2) is 4.98 Å². The molecule has 0 amide bonds. The normalized spacial score (nSPS) is 12.5. The number of halogens is 1. The van der Waals surface area contributed by atoms with Gasteiger partial charge in [-0.2, -0.15) is 0 Å². The topological polar surface area (TPSA) is 31.4 Å². The number of pyridine rings is 1. The number of hydrogen-bond acceptors (Lipinski definition) is 3. The fourth-order valence-corrected chi connectivity index (χ4v) is 9.10. The van der Waals surface area contributed by atoms with Crippen molar-refractivity contribution < 1.29 is 9.16 Å². The molecule has 0 N–H and O–H groups in total. The summed E-state index contributed by atoms with van der Waals surface area (Å²) in [5.74, 6) is 0.638. The van der Waals surface area contributed by atoms with Gasteiger partial charge in [-0.05, 0) is 38.6 Å². The fraction of sp³-hybridized carbons (Fsp3) is 0.688. The van der Waals surface area contributed by atoms with E-state index in [4.69, 9.17) is 9.16 Å². The molecular weight excluding hydrogens is 346 g/mol. The summed E-state index contributed by atoms with van der Waals surface area (Å²) in [4.78, 5) is 4.26. The zero-order chi connectivity index (χ0) is 16.0. The van der Waals surface area contributed by atoms with E-state index in [1.54, 1.807) is 0 Å². The molecule has 0 aliphatic carbocycles. The molecule has 0 unspecified atom stereocenters. The van der Waals surface area contributed by atoms with Gasteiger partial charge in [0.2, 0.25) is 5.88 Å². The second kappa shape index (κ2) is 8.29. The molecule has 0 radical (unpaired) electrons. The lowest BCUT2D eigenvalue weighted by molar-refractivity contribution is 0.194. The Bertz CT molecular complexity index is 416. The molecule has 0 bridgehead atoms. The van der Waals surface area contributed by atoms with E-state index in [-0.39, 0.29) is 0 Å². The highest BCUT2D eigenvalue weighted by Crippen LogP contribution is 2.42. The van der Waals surface area contributed by atoms with Crippen molar-refractivity contribution in [2.24, 2.45) is 0 Å². The Hall–Kier alpha value is -0.393. The average Bonchev–Trinajstić information content (AvgIpc) is 2.37. The predicted molar refractivity (Wildman–Crippen MR) is 94.4 cm³/mol. The maximum atomic E-state index is 6.44. The van der Waals surface area contributed by atoms with E-state index in [1.165, 1.54) is 0 Å². The van der Waals surface area contributed by atoms with E-state index in [0.29, 0.717) is 35.7 Å². The van der Waals surface area contributed by atoms with Crippen LogP contribution in [-0.4, -0.2) is 26.5 Å². The van der Waals surface area contributed by atoms with E-state index in [9.17, 15) is 0 Å². The first-order valence-corrected chi connectivity index (χ1v) is 10.6. The van der Waals surface area contributed by atoms with Crippen LogP contribution in [0.5, 0.6) is 5.88 Å². The van der Waals surface area contributed by atoms with Crippen LogP contribution in [0.1, 0.15) is 41.5 Å². The summed E-state index contributed by atoms with van der Waals surface area (Å²) < 4.78 is 12.9.